The highest BCUT2D eigenvalue weighted by molar-refractivity contribution is 7.91. The van der Waals surface area contributed by atoms with Crippen LogP contribution in [0.5, 0.6) is 5.75 Å². The van der Waals surface area contributed by atoms with Crippen LogP contribution in [0.1, 0.15) is 25.3 Å². The molecule has 0 saturated carbocycles. The zero-order valence-electron chi connectivity index (χ0n) is 17.4. The standard InChI is InChI=1S/C21H25NO7S2/c1-3-28-21(23)17-11-13-22(14-12-17)30(24,25)19-9-4-5-10-20(19)31(26,27)29-18-8-6-7-16(2)15-18/h4-10,15,17H,3,11-14H2,1-2H3. The number of rotatable bonds is 7. The average Bonchev–Trinajstić information content (AvgIpc) is 2.74. The zero-order valence-corrected chi connectivity index (χ0v) is 19.0. The minimum atomic E-state index is -4.39. The quantitative estimate of drug-likeness (QED) is 0.455. The molecule has 10 heteroatoms. The highest BCUT2D eigenvalue weighted by Gasteiger charge is 2.36. The Morgan fingerprint density at radius 1 is 1.00 bits per heavy atom. The summed E-state index contributed by atoms with van der Waals surface area (Å²) in [4.78, 5) is 11.1. The van der Waals surface area contributed by atoms with Crippen LogP contribution in [-0.2, 0) is 29.7 Å². The summed E-state index contributed by atoms with van der Waals surface area (Å²) in [7, 11) is -8.51. The van der Waals surface area contributed by atoms with Crippen molar-refractivity contribution in [1.29, 1.82) is 0 Å². The molecule has 0 aromatic heterocycles. The van der Waals surface area contributed by atoms with E-state index >= 15 is 0 Å². The number of nitrogens with zero attached hydrogens (tertiary/aromatic N) is 1. The van der Waals surface area contributed by atoms with Crippen molar-refractivity contribution < 1.29 is 30.6 Å². The van der Waals surface area contributed by atoms with E-state index in [0.29, 0.717) is 12.8 Å². The van der Waals surface area contributed by atoms with Crippen LogP contribution in [0, 0.1) is 12.8 Å². The van der Waals surface area contributed by atoms with Gasteiger partial charge in [-0.25, -0.2) is 8.42 Å². The maximum Gasteiger partial charge on any atom is 0.340 e. The molecule has 0 radical (unpaired) electrons. The molecule has 1 aliphatic rings. The molecule has 0 unspecified atom stereocenters. The molecule has 0 spiro atoms. The van der Waals surface area contributed by atoms with Gasteiger partial charge in [0, 0.05) is 13.1 Å². The van der Waals surface area contributed by atoms with Gasteiger partial charge in [-0.05, 0) is 56.5 Å². The molecule has 0 N–H and O–H groups in total. The third-order valence-corrected chi connectivity index (χ3v) is 8.40. The second-order valence-corrected chi connectivity index (χ2v) is 10.7. The first-order valence-corrected chi connectivity index (χ1v) is 12.8. The van der Waals surface area contributed by atoms with Crippen molar-refractivity contribution in [2.45, 2.75) is 36.5 Å². The maximum absolute atomic E-state index is 13.3. The lowest BCUT2D eigenvalue weighted by molar-refractivity contribution is -0.149. The van der Waals surface area contributed by atoms with E-state index in [1.807, 2.05) is 0 Å². The van der Waals surface area contributed by atoms with Crippen LogP contribution < -0.4 is 4.18 Å². The number of hydrogen-bond donors (Lipinski definition) is 0. The van der Waals surface area contributed by atoms with Crippen molar-refractivity contribution in [2.75, 3.05) is 19.7 Å². The Balaban J connectivity index is 1.86. The number of benzene rings is 2. The molecule has 0 amide bonds. The van der Waals surface area contributed by atoms with E-state index in [4.69, 9.17) is 8.92 Å². The second-order valence-electron chi connectivity index (χ2n) is 7.23. The molecule has 0 aliphatic carbocycles. The lowest BCUT2D eigenvalue weighted by Crippen LogP contribution is -2.41. The largest absolute Gasteiger partial charge is 0.466 e. The van der Waals surface area contributed by atoms with E-state index in [1.54, 1.807) is 32.0 Å². The first-order valence-electron chi connectivity index (χ1n) is 9.92. The SMILES string of the molecule is CCOC(=O)C1CCN(S(=O)(=O)c2ccccc2S(=O)(=O)Oc2cccc(C)c2)CC1. The Morgan fingerprint density at radius 2 is 1.65 bits per heavy atom. The Hall–Kier alpha value is -2.43. The Kier molecular flexibility index (Phi) is 7.03. The number of ether oxygens (including phenoxy) is 1. The molecule has 3 rings (SSSR count). The summed E-state index contributed by atoms with van der Waals surface area (Å²) in [5.74, 6) is -0.605. The van der Waals surface area contributed by atoms with E-state index in [0.717, 1.165) is 5.56 Å². The van der Waals surface area contributed by atoms with Crippen molar-refractivity contribution >= 4 is 26.1 Å². The zero-order chi connectivity index (χ0) is 22.6. The molecule has 31 heavy (non-hydrogen) atoms. The van der Waals surface area contributed by atoms with Gasteiger partial charge in [-0.3, -0.25) is 4.79 Å². The van der Waals surface area contributed by atoms with E-state index in [1.165, 1.54) is 34.6 Å². The molecular formula is C21H25NO7S2. The fraction of sp³-hybridized carbons (Fsp3) is 0.381. The van der Waals surface area contributed by atoms with Gasteiger partial charge >= 0.3 is 16.1 Å². The van der Waals surface area contributed by atoms with Gasteiger partial charge in [-0.2, -0.15) is 12.7 Å². The van der Waals surface area contributed by atoms with Gasteiger partial charge in [0.25, 0.3) is 0 Å². The fourth-order valence-electron chi connectivity index (χ4n) is 3.44. The van der Waals surface area contributed by atoms with Crippen LogP contribution in [0.2, 0.25) is 0 Å². The molecule has 1 saturated heterocycles. The molecule has 0 bridgehead atoms. The molecule has 168 valence electrons. The summed E-state index contributed by atoms with van der Waals surface area (Å²) < 4.78 is 63.7. The third kappa shape index (κ3) is 5.25. The van der Waals surface area contributed by atoms with Gasteiger partial charge < -0.3 is 8.92 Å². The number of sulfonamides is 1. The molecule has 8 nitrogen and oxygen atoms in total. The fourth-order valence-corrected chi connectivity index (χ4v) is 6.61. The van der Waals surface area contributed by atoms with E-state index in [-0.39, 0.29) is 42.2 Å². The summed E-state index contributed by atoms with van der Waals surface area (Å²) in [6.45, 7) is 3.97. The van der Waals surface area contributed by atoms with Crippen molar-refractivity contribution in [3.05, 3.63) is 54.1 Å². The van der Waals surface area contributed by atoms with Crippen LogP contribution in [0.15, 0.2) is 58.3 Å². The van der Waals surface area contributed by atoms with Crippen molar-refractivity contribution in [2.24, 2.45) is 5.92 Å². The minimum Gasteiger partial charge on any atom is -0.466 e. The summed E-state index contributed by atoms with van der Waals surface area (Å²) in [5.41, 5.74) is 0.804. The molecule has 2 aromatic rings. The van der Waals surface area contributed by atoms with E-state index in [9.17, 15) is 21.6 Å². The number of esters is 1. The Labute approximate surface area is 183 Å². The lowest BCUT2D eigenvalue weighted by atomic mass is 9.98. The number of carbonyl (C=O) groups excluding carboxylic acids is 1. The predicted octanol–water partition coefficient (Wildman–Crippen LogP) is 2.73. The van der Waals surface area contributed by atoms with Crippen LogP contribution in [0.3, 0.4) is 0 Å². The maximum atomic E-state index is 13.3. The topological polar surface area (TPSA) is 107 Å². The molecule has 2 aromatic carbocycles. The van der Waals surface area contributed by atoms with Gasteiger partial charge in [0.05, 0.1) is 12.5 Å². The van der Waals surface area contributed by atoms with Crippen LogP contribution >= 0.6 is 0 Å². The van der Waals surface area contributed by atoms with Crippen LogP contribution in [0.25, 0.3) is 0 Å². The normalized spacial score (nSPS) is 16.1. The summed E-state index contributed by atoms with van der Waals surface area (Å²) >= 11 is 0. The molecule has 0 atom stereocenters. The minimum absolute atomic E-state index is 0.0962. The predicted molar refractivity (Wildman–Crippen MR) is 114 cm³/mol. The summed E-state index contributed by atoms with van der Waals surface area (Å²) in [6, 6.07) is 11.8. The van der Waals surface area contributed by atoms with E-state index in [2.05, 4.69) is 0 Å². The van der Waals surface area contributed by atoms with Gasteiger partial charge in [0.1, 0.15) is 15.5 Å². The second kappa shape index (κ2) is 9.37. The first kappa shape index (κ1) is 23.2. The number of hydrogen-bond acceptors (Lipinski definition) is 7. The summed E-state index contributed by atoms with van der Waals surface area (Å²) in [6.07, 6.45) is 0.625. The monoisotopic (exact) mass is 467 g/mol. The van der Waals surface area contributed by atoms with Crippen molar-refractivity contribution in [3.63, 3.8) is 0 Å². The summed E-state index contributed by atoms with van der Waals surface area (Å²) in [5, 5.41) is 0. The number of carbonyl (C=O) groups is 1. The number of aryl methyl sites for hydroxylation is 1. The number of piperidine rings is 1. The average molecular weight is 468 g/mol. The van der Waals surface area contributed by atoms with Crippen LogP contribution in [-0.4, -0.2) is 46.8 Å². The van der Waals surface area contributed by atoms with Crippen LogP contribution in [0.4, 0.5) is 0 Å². The third-order valence-electron chi connectivity index (χ3n) is 5.01. The molecule has 1 aliphatic heterocycles. The van der Waals surface area contributed by atoms with Gasteiger partial charge in [-0.15, -0.1) is 0 Å². The van der Waals surface area contributed by atoms with Gasteiger partial charge in [0.2, 0.25) is 10.0 Å². The highest BCUT2D eigenvalue weighted by Crippen LogP contribution is 2.30. The Bertz CT molecular complexity index is 1150. The first-order chi connectivity index (χ1) is 14.6. The van der Waals surface area contributed by atoms with Gasteiger partial charge in [0.15, 0.2) is 0 Å². The van der Waals surface area contributed by atoms with Gasteiger partial charge in [-0.1, -0.05) is 24.3 Å². The lowest BCUT2D eigenvalue weighted by Gasteiger charge is -2.30. The Morgan fingerprint density at radius 3 is 2.26 bits per heavy atom. The molecule has 1 fully saturated rings. The molecular weight excluding hydrogens is 442 g/mol. The smallest absolute Gasteiger partial charge is 0.340 e. The highest BCUT2D eigenvalue weighted by atomic mass is 32.2. The van der Waals surface area contributed by atoms with E-state index < -0.39 is 25.0 Å². The van der Waals surface area contributed by atoms with Crippen molar-refractivity contribution in [3.8, 4) is 5.75 Å². The molecule has 1 heterocycles. The van der Waals surface area contributed by atoms with Crippen molar-refractivity contribution in [1.82, 2.24) is 4.31 Å².